The van der Waals surface area contributed by atoms with Gasteiger partial charge in [0.2, 0.25) is 5.97 Å². The van der Waals surface area contributed by atoms with Gasteiger partial charge in [-0.3, -0.25) is 0 Å². The maximum Gasteiger partial charge on any atom is 2.00 e. The Balaban J connectivity index is 0. The van der Waals surface area contributed by atoms with Crippen LogP contribution in [0.15, 0.2) is 24.3 Å². The van der Waals surface area contributed by atoms with Gasteiger partial charge >= 0.3 is 19.5 Å². The molecule has 1 rings (SSSR count). The summed E-state index contributed by atoms with van der Waals surface area (Å²) >= 11 is -4.01. The molecule has 1 aromatic rings. The Labute approximate surface area is 109 Å². The SMILES string of the molecule is COC(=O)c1[c-]cccc1.[O-][I+2]([O-])[O-].[Zn+2]. The molecule has 5 nitrogen and oxygen atoms in total. The van der Waals surface area contributed by atoms with E-state index in [4.69, 9.17) is 10.3 Å². The summed E-state index contributed by atoms with van der Waals surface area (Å²) in [6, 6.07) is 9.64. The summed E-state index contributed by atoms with van der Waals surface area (Å²) in [5.41, 5.74) is 0.463. The van der Waals surface area contributed by atoms with Crippen molar-refractivity contribution >= 4 is 5.97 Å². The first-order valence-corrected chi connectivity index (χ1v) is 6.00. The van der Waals surface area contributed by atoms with Gasteiger partial charge in [-0.05, 0) is 0 Å². The van der Waals surface area contributed by atoms with E-state index in [0.29, 0.717) is 5.56 Å². The number of halogens is 1. The molecular formula is C8H7IO5Zn. The zero-order chi connectivity index (χ0) is 11.0. The van der Waals surface area contributed by atoms with Crippen molar-refractivity contribution in [2.45, 2.75) is 0 Å². The first-order chi connectivity index (χ1) is 6.57. The summed E-state index contributed by atoms with van der Waals surface area (Å²) < 4.78 is 30.2. The number of benzene rings is 1. The van der Waals surface area contributed by atoms with Crippen LogP contribution in [0.2, 0.25) is 0 Å². The third kappa shape index (κ3) is 10.2. The summed E-state index contributed by atoms with van der Waals surface area (Å²) in [4.78, 5) is 10.8. The van der Waals surface area contributed by atoms with E-state index < -0.39 is 21.1 Å². The van der Waals surface area contributed by atoms with Gasteiger partial charge < -0.3 is 19.8 Å². The van der Waals surface area contributed by atoms with Crippen molar-refractivity contribution in [2.75, 3.05) is 7.11 Å². The molecule has 1 aromatic carbocycles. The monoisotopic (exact) mass is 374 g/mol. The minimum absolute atomic E-state index is 0. The first-order valence-electron chi connectivity index (χ1n) is 3.36. The summed E-state index contributed by atoms with van der Waals surface area (Å²) in [5, 5.41) is 0. The number of hydrogen-bond acceptors (Lipinski definition) is 5. The summed E-state index contributed by atoms with van der Waals surface area (Å²) in [5.74, 6) is -0.347. The molecule has 0 aromatic heterocycles. The minimum Gasteiger partial charge on any atom is -0.509 e. The molecule has 0 aliphatic rings. The minimum atomic E-state index is -4.01. The number of methoxy groups -OCH3 is 1. The summed E-state index contributed by atoms with van der Waals surface area (Å²) in [6.45, 7) is 0. The van der Waals surface area contributed by atoms with Gasteiger partial charge in [0.05, 0.1) is 7.11 Å². The van der Waals surface area contributed by atoms with Gasteiger partial charge in [0.1, 0.15) is 0 Å². The van der Waals surface area contributed by atoms with Crippen molar-refractivity contribution in [1.29, 1.82) is 0 Å². The molecule has 0 spiro atoms. The number of rotatable bonds is 1. The van der Waals surface area contributed by atoms with Crippen molar-refractivity contribution in [1.82, 2.24) is 0 Å². The normalized spacial score (nSPS) is 8.33. The predicted molar refractivity (Wildman–Crippen MR) is 36.6 cm³/mol. The van der Waals surface area contributed by atoms with Crippen LogP contribution in [-0.2, 0) is 24.2 Å². The van der Waals surface area contributed by atoms with E-state index in [1.807, 2.05) is 0 Å². The predicted octanol–water partition coefficient (Wildman–Crippen LogP) is -5.29. The van der Waals surface area contributed by atoms with Gasteiger partial charge in [-0.25, -0.2) is 0 Å². The Bertz CT molecular complexity index is 264. The molecule has 0 bridgehead atoms. The van der Waals surface area contributed by atoms with Crippen LogP contribution in [0.1, 0.15) is 10.4 Å². The first kappa shape index (κ1) is 17.3. The molecule has 0 fully saturated rings. The fourth-order valence-electron chi connectivity index (χ4n) is 0.630. The molecule has 78 valence electrons. The van der Waals surface area contributed by atoms with Gasteiger partial charge in [0, 0.05) is 0 Å². The van der Waals surface area contributed by atoms with Crippen LogP contribution >= 0.6 is 0 Å². The van der Waals surface area contributed by atoms with Crippen LogP contribution in [0.25, 0.3) is 0 Å². The summed E-state index contributed by atoms with van der Waals surface area (Å²) in [7, 11) is 1.35. The van der Waals surface area contributed by atoms with Crippen LogP contribution in [0.5, 0.6) is 0 Å². The van der Waals surface area contributed by atoms with Crippen LogP contribution in [0, 0.1) is 6.07 Å². The molecule has 15 heavy (non-hydrogen) atoms. The Morgan fingerprint density at radius 3 is 2.27 bits per heavy atom. The van der Waals surface area contributed by atoms with Gasteiger partial charge in [0.15, 0.2) is 0 Å². The molecule has 0 atom stereocenters. The van der Waals surface area contributed by atoms with E-state index in [-0.39, 0.29) is 25.4 Å². The molecule has 7 heteroatoms. The second-order valence-corrected chi connectivity index (χ2v) is 3.04. The van der Waals surface area contributed by atoms with Gasteiger partial charge in [-0.15, -0.1) is 30.3 Å². The van der Waals surface area contributed by atoms with Crippen LogP contribution in [0.3, 0.4) is 0 Å². The maximum atomic E-state index is 10.8. The smallest absolute Gasteiger partial charge is 0.509 e. The molecule has 0 aliphatic carbocycles. The number of carbonyl (C=O) groups is 1. The number of ether oxygens (including phenoxy) is 1. The van der Waals surface area contributed by atoms with Gasteiger partial charge in [0.25, 0.3) is 21.1 Å². The molecule has 0 heterocycles. The van der Waals surface area contributed by atoms with Crippen molar-refractivity contribution in [3.05, 3.63) is 35.9 Å². The molecule has 0 N–H and O–H groups in total. The average Bonchev–Trinajstić information content (AvgIpc) is 2.17. The van der Waals surface area contributed by atoms with Gasteiger partial charge in [-0.2, -0.15) is 0 Å². The molecule has 0 aliphatic heterocycles. The molecule has 0 radical (unpaired) electrons. The van der Waals surface area contributed by atoms with Crippen molar-refractivity contribution < 1.29 is 60.4 Å². The van der Waals surface area contributed by atoms with E-state index in [9.17, 15) is 4.79 Å². The molecular weight excluding hydrogens is 368 g/mol. The van der Waals surface area contributed by atoms with E-state index in [0.717, 1.165) is 0 Å². The zero-order valence-electron chi connectivity index (χ0n) is 7.94. The van der Waals surface area contributed by atoms with Gasteiger partial charge in [-0.1, -0.05) is 5.56 Å². The van der Waals surface area contributed by atoms with E-state index >= 15 is 0 Å². The Morgan fingerprint density at radius 1 is 1.40 bits per heavy atom. The molecule has 0 saturated carbocycles. The molecule has 0 amide bonds. The number of hydrogen-bond donors (Lipinski definition) is 0. The van der Waals surface area contributed by atoms with Crippen molar-refractivity contribution in [3.63, 3.8) is 0 Å². The molecule has 0 unspecified atom stereocenters. The zero-order valence-corrected chi connectivity index (χ0v) is 13.1. The standard InChI is InChI=1S/C8H7O2.IO3.Zn/c1-10-8(9)7-5-3-2-4-6-7;2-1(3)4;/h2-5H,1H3;;/q2*-1;+2. The second kappa shape index (κ2) is 10.4. The van der Waals surface area contributed by atoms with Crippen molar-refractivity contribution in [3.8, 4) is 0 Å². The largest absolute Gasteiger partial charge is 2.00 e. The third-order valence-electron chi connectivity index (χ3n) is 1.11. The van der Waals surface area contributed by atoms with E-state index in [2.05, 4.69) is 10.8 Å². The number of carbonyl (C=O) groups excluding carboxylic acids is 1. The third-order valence-corrected chi connectivity index (χ3v) is 1.11. The number of esters is 1. The Morgan fingerprint density at radius 2 is 1.93 bits per heavy atom. The Hall–Kier alpha value is -0.0766. The average molecular weight is 375 g/mol. The van der Waals surface area contributed by atoms with E-state index in [1.54, 1.807) is 24.3 Å². The fourth-order valence-corrected chi connectivity index (χ4v) is 0.630. The summed E-state index contributed by atoms with van der Waals surface area (Å²) in [6.07, 6.45) is 0. The van der Waals surface area contributed by atoms with Crippen LogP contribution < -0.4 is 31.4 Å². The van der Waals surface area contributed by atoms with Crippen LogP contribution in [0.4, 0.5) is 0 Å². The fraction of sp³-hybridized carbons (Fsp3) is 0.125. The maximum absolute atomic E-state index is 10.8. The van der Waals surface area contributed by atoms with E-state index in [1.165, 1.54) is 7.11 Å². The van der Waals surface area contributed by atoms with Crippen LogP contribution in [-0.4, -0.2) is 13.1 Å². The van der Waals surface area contributed by atoms with Crippen molar-refractivity contribution in [2.24, 2.45) is 0 Å². The second-order valence-electron chi connectivity index (χ2n) is 1.96. The molecule has 0 saturated heterocycles. The topological polar surface area (TPSA) is 95.5 Å². The quantitative estimate of drug-likeness (QED) is 0.212. The Kier molecular flexibility index (Phi) is 12.1.